The molecule has 0 atom stereocenters. The molecule has 0 aliphatic carbocycles. The van der Waals surface area contributed by atoms with E-state index in [4.69, 9.17) is 10.5 Å². The molecule has 2 rings (SSSR count). The van der Waals surface area contributed by atoms with E-state index in [9.17, 15) is 27.6 Å². The Morgan fingerprint density at radius 3 is 2.38 bits per heavy atom. The molecule has 1 amide bonds. The SMILES string of the molecule is CCCn1c(N)c(N(CCOC)C(=O)c2ccc(C(F)(F)F)cc2)c(=O)[nH]c1=O. The van der Waals surface area contributed by atoms with Crippen molar-refractivity contribution in [3.05, 3.63) is 56.2 Å². The number of ether oxygens (including phenoxy) is 1. The van der Waals surface area contributed by atoms with Gasteiger partial charge in [-0.1, -0.05) is 6.92 Å². The monoisotopic (exact) mass is 414 g/mol. The molecule has 1 aromatic carbocycles. The molecular weight excluding hydrogens is 393 g/mol. The number of nitrogen functional groups attached to an aromatic ring is 1. The summed E-state index contributed by atoms with van der Waals surface area (Å²) < 4.78 is 44.4. The largest absolute Gasteiger partial charge is 0.416 e. The molecule has 3 N–H and O–H groups in total. The first kappa shape index (κ1) is 22.2. The van der Waals surface area contributed by atoms with Gasteiger partial charge in [0.2, 0.25) is 0 Å². The van der Waals surface area contributed by atoms with Gasteiger partial charge in [0.05, 0.1) is 12.2 Å². The Morgan fingerprint density at radius 1 is 1.24 bits per heavy atom. The molecule has 0 aliphatic rings. The van der Waals surface area contributed by atoms with Crippen LogP contribution in [0.4, 0.5) is 24.7 Å². The van der Waals surface area contributed by atoms with Crippen LogP contribution in [0.1, 0.15) is 29.3 Å². The molecule has 158 valence electrons. The second-order valence-electron chi connectivity index (χ2n) is 6.17. The first-order chi connectivity index (χ1) is 13.6. The average Bonchev–Trinajstić information content (AvgIpc) is 2.66. The lowest BCUT2D eigenvalue weighted by Crippen LogP contribution is -2.42. The van der Waals surface area contributed by atoms with Gasteiger partial charge in [-0.3, -0.25) is 24.0 Å². The maximum Gasteiger partial charge on any atom is 0.416 e. The van der Waals surface area contributed by atoms with E-state index < -0.39 is 28.9 Å². The third kappa shape index (κ3) is 4.86. The van der Waals surface area contributed by atoms with Crippen LogP contribution in [-0.2, 0) is 17.5 Å². The smallest absolute Gasteiger partial charge is 0.383 e. The fourth-order valence-corrected chi connectivity index (χ4v) is 2.74. The second kappa shape index (κ2) is 8.95. The number of methoxy groups -OCH3 is 1. The van der Waals surface area contributed by atoms with Gasteiger partial charge in [0.1, 0.15) is 5.82 Å². The predicted octanol–water partition coefficient (Wildman–Crippen LogP) is 1.84. The molecule has 0 spiro atoms. The van der Waals surface area contributed by atoms with Crippen LogP contribution in [0.2, 0.25) is 0 Å². The van der Waals surface area contributed by atoms with Crippen molar-refractivity contribution < 1.29 is 22.7 Å². The zero-order valence-corrected chi connectivity index (χ0v) is 15.9. The topological polar surface area (TPSA) is 110 Å². The summed E-state index contributed by atoms with van der Waals surface area (Å²) in [7, 11) is 1.38. The number of benzene rings is 1. The Labute approximate surface area is 163 Å². The van der Waals surface area contributed by atoms with Gasteiger partial charge >= 0.3 is 11.9 Å². The third-order valence-corrected chi connectivity index (χ3v) is 4.15. The molecule has 0 aliphatic heterocycles. The summed E-state index contributed by atoms with van der Waals surface area (Å²) in [6, 6.07) is 3.56. The maximum atomic E-state index is 13.0. The Bertz CT molecular complexity index is 981. The first-order valence-electron chi connectivity index (χ1n) is 8.72. The molecule has 0 saturated carbocycles. The highest BCUT2D eigenvalue weighted by Crippen LogP contribution is 2.29. The Balaban J connectivity index is 2.55. The lowest BCUT2D eigenvalue weighted by Gasteiger charge is -2.24. The molecule has 8 nitrogen and oxygen atoms in total. The van der Waals surface area contributed by atoms with Gasteiger partial charge in [-0.25, -0.2) is 4.79 Å². The van der Waals surface area contributed by atoms with Gasteiger partial charge in [0.25, 0.3) is 11.5 Å². The minimum atomic E-state index is -4.55. The fourth-order valence-electron chi connectivity index (χ4n) is 2.74. The highest BCUT2D eigenvalue weighted by Gasteiger charge is 2.31. The van der Waals surface area contributed by atoms with Crippen molar-refractivity contribution in [3.8, 4) is 0 Å². The number of rotatable bonds is 7. The summed E-state index contributed by atoms with van der Waals surface area (Å²) in [6.45, 7) is 1.93. The third-order valence-electron chi connectivity index (χ3n) is 4.15. The van der Waals surface area contributed by atoms with Gasteiger partial charge in [0.15, 0.2) is 5.69 Å². The molecule has 0 saturated heterocycles. The number of aromatic amines is 1. The number of halogens is 3. The van der Waals surface area contributed by atoms with E-state index in [1.807, 2.05) is 0 Å². The summed E-state index contributed by atoms with van der Waals surface area (Å²) in [5.74, 6) is -0.966. The average molecular weight is 414 g/mol. The summed E-state index contributed by atoms with van der Waals surface area (Å²) >= 11 is 0. The van der Waals surface area contributed by atoms with Gasteiger partial charge in [-0.2, -0.15) is 13.2 Å². The molecule has 1 aromatic heterocycles. The van der Waals surface area contributed by atoms with Crippen molar-refractivity contribution in [1.29, 1.82) is 0 Å². The number of alkyl halides is 3. The van der Waals surface area contributed by atoms with Crippen molar-refractivity contribution in [2.24, 2.45) is 0 Å². The van der Waals surface area contributed by atoms with Crippen molar-refractivity contribution in [3.63, 3.8) is 0 Å². The van der Waals surface area contributed by atoms with Gasteiger partial charge in [-0.05, 0) is 30.7 Å². The number of aromatic nitrogens is 2. The van der Waals surface area contributed by atoms with Crippen molar-refractivity contribution >= 4 is 17.4 Å². The molecule has 0 radical (unpaired) electrons. The number of H-pyrrole nitrogens is 1. The van der Waals surface area contributed by atoms with Gasteiger partial charge in [0, 0.05) is 25.8 Å². The van der Waals surface area contributed by atoms with Crippen LogP contribution < -0.4 is 21.9 Å². The maximum absolute atomic E-state index is 13.0. The molecule has 0 unspecified atom stereocenters. The second-order valence-corrected chi connectivity index (χ2v) is 6.17. The van der Waals surface area contributed by atoms with E-state index in [2.05, 4.69) is 4.98 Å². The number of carbonyl (C=O) groups excluding carboxylic acids is 1. The van der Waals surface area contributed by atoms with E-state index in [0.717, 1.165) is 33.7 Å². The zero-order chi connectivity index (χ0) is 21.8. The number of nitrogens with two attached hydrogens (primary N) is 1. The lowest BCUT2D eigenvalue weighted by molar-refractivity contribution is -0.137. The molecule has 2 aromatic rings. The van der Waals surface area contributed by atoms with E-state index in [0.29, 0.717) is 6.42 Å². The van der Waals surface area contributed by atoms with Crippen molar-refractivity contribution in [2.45, 2.75) is 26.1 Å². The number of carbonyl (C=O) groups is 1. The molecule has 0 fully saturated rings. The molecule has 0 bridgehead atoms. The Kier molecular flexibility index (Phi) is 6.85. The number of anilines is 2. The summed E-state index contributed by atoms with van der Waals surface area (Å²) in [5, 5.41) is 0. The molecule has 11 heteroatoms. The number of nitrogens with zero attached hydrogens (tertiary/aromatic N) is 2. The Morgan fingerprint density at radius 2 is 1.86 bits per heavy atom. The minimum absolute atomic E-state index is 0.0260. The van der Waals surface area contributed by atoms with Crippen LogP contribution in [-0.4, -0.2) is 35.7 Å². The van der Waals surface area contributed by atoms with E-state index in [1.54, 1.807) is 6.92 Å². The van der Waals surface area contributed by atoms with Crippen LogP contribution in [0.25, 0.3) is 0 Å². The normalized spacial score (nSPS) is 11.5. The van der Waals surface area contributed by atoms with Gasteiger partial charge < -0.3 is 10.5 Å². The molecule has 29 heavy (non-hydrogen) atoms. The summed E-state index contributed by atoms with van der Waals surface area (Å²) in [4.78, 5) is 40.5. The van der Waals surface area contributed by atoms with Crippen LogP contribution in [0.15, 0.2) is 33.9 Å². The zero-order valence-electron chi connectivity index (χ0n) is 15.9. The summed E-state index contributed by atoms with van der Waals surface area (Å²) in [5.41, 5.74) is 3.15. The van der Waals surface area contributed by atoms with Crippen LogP contribution in [0, 0.1) is 0 Å². The van der Waals surface area contributed by atoms with Crippen molar-refractivity contribution in [1.82, 2.24) is 9.55 Å². The molecule has 1 heterocycles. The van der Waals surface area contributed by atoms with Crippen molar-refractivity contribution in [2.75, 3.05) is 30.9 Å². The predicted molar refractivity (Wildman–Crippen MR) is 101 cm³/mol. The van der Waals surface area contributed by atoms with Gasteiger partial charge in [-0.15, -0.1) is 0 Å². The van der Waals surface area contributed by atoms with E-state index >= 15 is 0 Å². The highest BCUT2D eigenvalue weighted by molar-refractivity contribution is 6.07. The quantitative estimate of drug-likeness (QED) is 0.718. The van der Waals surface area contributed by atoms with E-state index in [1.165, 1.54) is 7.11 Å². The van der Waals surface area contributed by atoms with E-state index in [-0.39, 0.29) is 36.8 Å². The fraction of sp³-hybridized carbons (Fsp3) is 0.389. The van der Waals surface area contributed by atoms with Crippen LogP contribution >= 0.6 is 0 Å². The highest BCUT2D eigenvalue weighted by atomic mass is 19.4. The standard InChI is InChI=1S/C18H21F3N4O4/c1-3-8-25-14(22)13(15(26)23-17(25)28)24(9-10-29-2)16(27)11-4-6-12(7-5-11)18(19,20)21/h4-7H,3,8-10,22H2,1-2H3,(H,23,26,28). The first-order valence-corrected chi connectivity index (χ1v) is 8.72. The summed E-state index contributed by atoms with van der Waals surface area (Å²) in [6.07, 6.45) is -4.00. The van der Waals surface area contributed by atoms with Crippen LogP contribution in [0.5, 0.6) is 0 Å². The number of amides is 1. The molecular formula is C18H21F3N4O4. The Hall–Kier alpha value is -3.08. The number of hydrogen-bond donors (Lipinski definition) is 2. The number of hydrogen-bond acceptors (Lipinski definition) is 5. The van der Waals surface area contributed by atoms with Crippen LogP contribution in [0.3, 0.4) is 0 Å². The minimum Gasteiger partial charge on any atom is -0.383 e. The lowest BCUT2D eigenvalue weighted by atomic mass is 10.1. The number of nitrogens with one attached hydrogen (secondary N) is 1.